The number of allylic oxidation sites excluding steroid dienone is 2. The van der Waals surface area contributed by atoms with Crippen molar-refractivity contribution in [3.8, 4) is 11.1 Å². The van der Waals surface area contributed by atoms with Crippen LogP contribution in [0.15, 0.2) is 77.7 Å². The van der Waals surface area contributed by atoms with Crippen LogP contribution >= 0.6 is 0 Å². The Kier molecular flexibility index (Phi) is 2.94. The van der Waals surface area contributed by atoms with E-state index in [0.29, 0.717) is 10.9 Å². The molecule has 2 heterocycles. The zero-order valence-electron chi connectivity index (χ0n) is 13.4. The molecule has 0 atom stereocenters. The maximum Gasteiger partial charge on any atom is 0.264 e. The fraction of sp³-hybridized carbons (Fsp3) is 0. The van der Waals surface area contributed by atoms with Gasteiger partial charge in [-0.05, 0) is 23.8 Å². The maximum atomic E-state index is 13.2. The summed E-state index contributed by atoms with van der Waals surface area (Å²) < 4.78 is 1.74. The molecule has 118 valence electrons. The van der Waals surface area contributed by atoms with Crippen LogP contribution < -0.4 is 5.56 Å². The van der Waals surface area contributed by atoms with Crippen molar-refractivity contribution in [2.75, 3.05) is 0 Å². The molecule has 4 aromatic rings. The van der Waals surface area contributed by atoms with Crippen molar-refractivity contribution in [3.63, 3.8) is 0 Å². The van der Waals surface area contributed by atoms with Gasteiger partial charge in [0.2, 0.25) is 0 Å². The fourth-order valence-electron chi connectivity index (χ4n) is 3.44. The summed E-state index contributed by atoms with van der Waals surface area (Å²) in [6.45, 7) is 0. The third-order valence-corrected chi connectivity index (χ3v) is 4.59. The lowest BCUT2D eigenvalue weighted by Gasteiger charge is -2.00. The van der Waals surface area contributed by atoms with Gasteiger partial charge in [-0.25, -0.2) is 4.98 Å². The van der Waals surface area contributed by atoms with Crippen molar-refractivity contribution in [2.24, 2.45) is 0 Å². The monoisotopic (exact) mass is 322 g/mol. The van der Waals surface area contributed by atoms with Crippen LogP contribution in [0.25, 0.3) is 39.7 Å². The maximum absolute atomic E-state index is 13.2. The molecule has 1 aliphatic carbocycles. The van der Waals surface area contributed by atoms with Crippen molar-refractivity contribution in [2.45, 2.75) is 0 Å². The average molecular weight is 322 g/mol. The van der Waals surface area contributed by atoms with Gasteiger partial charge in [0.1, 0.15) is 0 Å². The van der Waals surface area contributed by atoms with Gasteiger partial charge in [-0.2, -0.15) is 0 Å². The van der Waals surface area contributed by atoms with Gasteiger partial charge in [-0.1, -0.05) is 60.7 Å². The fourth-order valence-corrected chi connectivity index (χ4v) is 3.44. The number of hydrogen-bond acceptors (Lipinski definition) is 2. The first-order valence-electron chi connectivity index (χ1n) is 8.21. The second-order valence-corrected chi connectivity index (χ2v) is 6.08. The lowest BCUT2D eigenvalue weighted by Crippen LogP contribution is -2.08. The second kappa shape index (κ2) is 5.28. The molecule has 0 N–H and O–H groups in total. The third kappa shape index (κ3) is 2.06. The van der Waals surface area contributed by atoms with Crippen LogP contribution in [-0.4, -0.2) is 9.38 Å². The van der Waals surface area contributed by atoms with E-state index in [0.717, 1.165) is 27.9 Å². The van der Waals surface area contributed by atoms with Crippen LogP contribution in [0.5, 0.6) is 0 Å². The predicted molar refractivity (Wildman–Crippen MR) is 102 cm³/mol. The summed E-state index contributed by atoms with van der Waals surface area (Å²) >= 11 is 0. The van der Waals surface area contributed by atoms with Gasteiger partial charge in [-0.15, -0.1) is 0 Å². The first kappa shape index (κ1) is 13.9. The third-order valence-electron chi connectivity index (χ3n) is 4.59. The Labute approximate surface area is 144 Å². The molecule has 0 radical (unpaired) electrons. The highest BCUT2D eigenvalue weighted by atomic mass is 16.1. The predicted octanol–water partition coefficient (Wildman–Crippen LogP) is 4.55. The molecule has 25 heavy (non-hydrogen) atoms. The molecule has 0 aliphatic heterocycles. The smallest absolute Gasteiger partial charge is 0.264 e. The molecule has 0 fully saturated rings. The minimum absolute atomic E-state index is 0.0449. The van der Waals surface area contributed by atoms with E-state index in [-0.39, 0.29) is 5.56 Å². The van der Waals surface area contributed by atoms with Crippen LogP contribution in [0.3, 0.4) is 0 Å². The molecule has 5 rings (SSSR count). The minimum Gasteiger partial charge on any atom is -0.280 e. The highest BCUT2D eigenvalue weighted by molar-refractivity contribution is 5.92. The van der Waals surface area contributed by atoms with E-state index in [1.807, 2.05) is 66.9 Å². The summed E-state index contributed by atoms with van der Waals surface area (Å²) in [5, 5.41) is 0.623. The minimum atomic E-state index is -0.0449. The molecule has 3 nitrogen and oxygen atoms in total. The molecular formula is C22H14N2O. The molecule has 0 unspecified atom stereocenters. The molecule has 2 aromatic carbocycles. The number of benzene rings is 2. The zero-order valence-corrected chi connectivity index (χ0v) is 13.4. The van der Waals surface area contributed by atoms with Gasteiger partial charge >= 0.3 is 0 Å². The Morgan fingerprint density at radius 1 is 0.840 bits per heavy atom. The van der Waals surface area contributed by atoms with Gasteiger partial charge in [0.15, 0.2) is 0 Å². The first-order chi connectivity index (χ1) is 12.3. The molecule has 0 saturated heterocycles. The average Bonchev–Trinajstić information content (AvgIpc) is 2.86. The van der Waals surface area contributed by atoms with Gasteiger partial charge in [0, 0.05) is 17.3 Å². The Hall–Kier alpha value is -3.46. The van der Waals surface area contributed by atoms with Crippen molar-refractivity contribution in [1.82, 2.24) is 9.38 Å². The number of aromatic nitrogens is 2. The van der Waals surface area contributed by atoms with Gasteiger partial charge in [-0.3, -0.25) is 9.20 Å². The Bertz CT molecular complexity index is 1250. The SMILES string of the molecule is O=c1c2ccccc2nc2c3c(c(-c4ccccc4)cn13)C=CC=C2. The Morgan fingerprint density at radius 3 is 2.48 bits per heavy atom. The van der Waals surface area contributed by atoms with E-state index in [9.17, 15) is 4.79 Å². The van der Waals surface area contributed by atoms with E-state index >= 15 is 0 Å². The standard InChI is InChI=1S/C22H14N2O/c25-22-17-11-5-6-12-19(17)23-20-13-7-4-10-16-18(14-24(22)21(16)20)15-8-2-1-3-9-15/h1-14H. The summed E-state index contributed by atoms with van der Waals surface area (Å²) in [7, 11) is 0. The van der Waals surface area contributed by atoms with Crippen molar-refractivity contribution < 1.29 is 0 Å². The molecule has 0 bridgehead atoms. The largest absolute Gasteiger partial charge is 0.280 e. The van der Waals surface area contributed by atoms with E-state index in [4.69, 9.17) is 4.98 Å². The number of nitrogens with zero attached hydrogens (tertiary/aromatic N) is 2. The molecule has 3 heteroatoms. The van der Waals surface area contributed by atoms with Gasteiger partial charge in [0.25, 0.3) is 5.56 Å². The van der Waals surface area contributed by atoms with Crippen molar-refractivity contribution >= 4 is 28.6 Å². The summed E-state index contributed by atoms with van der Waals surface area (Å²) in [6, 6.07) is 17.6. The van der Waals surface area contributed by atoms with Crippen LogP contribution in [-0.2, 0) is 0 Å². The van der Waals surface area contributed by atoms with Crippen LogP contribution in [0.1, 0.15) is 11.3 Å². The number of fused-ring (bicyclic) bond motifs is 1. The normalized spacial score (nSPS) is 12.6. The lowest BCUT2D eigenvalue weighted by molar-refractivity contribution is 1.15. The van der Waals surface area contributed by atoms with Crippen LogP contribution in [0.4, 0.5) is 0 Å². The highest BCUT2D eigenvalue weighted by Gasteiger charge is 2.17. The quantitative estimate of drug-likeness (QED) is 0.515. The Morgan fingerprint density at radius 2 is 1.60 bits per heavy atom. The van der Waals surface area contributed by atoms with Crippen LogP contribution in [0.2, 0.25) is 0 Å². The zero-order chi connectivity index (χ0) is 16.8. The molecule has 2 aromatic heterocycles. The summed E-state index contributed by atoms with van der Waals surface area (Å²) in [4.78, 5) is 17.9. The number of rotatable bonds is 1. The molecule has 1 aliphatic rings. The van der Waals surface area contributed by atoms with E-state index in [2.05, 4.69) is 18.2 Å². The van der Waals surface area contributed by atoms with Crippen molar-refractivity contribution in [3.05, 3.63) is 94.6 Å². The molecule has 0 amide bonds. The summed E-state index contributed by atoms with van der Waals surface area (Å²) in [5.74, 6) is 0. The number of para-hydroxylation sites is 1. The molecule has 0 spiro atoms. The van der Waals surface area contributed by atoms with Crippen LogP contribution in [0, 0.1) is 0 Å². The first-order valence-corrected chi connectivity index (χ1v) is 8.21. The topological polar surface area (TPSA) is 34.4 Å². The van der Waals surface area contributed by atoms with Gasteiger partial charge in [0.05, 0.1) is 22.1 Å². The van der Waals surface area contributed by atoms with E-state index < -0.39 is 0 Å². The van der Waals surface area contributed by atoms with Crippen molar-refractivity contribution in [1.29, 1.82) is 0 Å². The second-order valence-electron chi connectivity index (χ2n) is 6.08. The lowest BCUT2D eigenvalue weighted by atomic mass is 10.0. The van der Waals surface area contributed by atoms with Gasteiger partial charge < -0.3 is 0 Å². The number of hydrogen-bond donors (Lipinski definition) is 0. The molecular weight excluding hydrogens is 308 g/mol. The Balaban J connectivity index is 2.03. The molecule has 0 saturated carbocycles. The van der Waals surface area contributed by atoms with E-state index in [1.54, 1.807) is 4.40 Å². The highest BCUT2D eigenvalue weighted by Crippen LogP contribution is 2.32. The van der Waals surface area contributed by atoms with E-state index in [1.165, 1.54) is 0 Å². The summed E-state index contributed by atoms with van der Waals surface area (Å²) in [5.41, 5.74) is 5.48. The summed E-state index contributed by atoms with van der Waals surface area (Å²) in [6.07, 6.45) is 9.91.